The van der Waals surface area contributed by atoms with Crippen LogP contribution in [-0.4, -0.2) is 27.7 Å². The standard InChI is InChI=1S/C21H20N2O2S/c1-26-21-22-17(10-8-15-4-2-6-19(24)12-15)14-18(23-21)11-9-16-5-3-7-20(25)13-16/h2-14,17,24-25H,1H3,(H,22,23). The molecule has 1 unspecified atom stereocenters. The number of phenolic OH excluding ortho intramolecular Hbond substituents is 2. The quantitative estimate of drug-likeness (QED) is 0.752. The van der Waals surface area contributed by atoms with Gasteiger partial charge in [-0.2, -0.15) is 0 Å². The predicted octanol–water partition coefficient (Wildman–Crippen LogP) is 4.40. The first-order valence-corrected chi connectivity index (χ1v) is 9.40. The Balaban J connectivity index is 1.78. The Morgan fingerprint density at radius 2 is 1.62 bits per heavy atom. The van der Waals surface area contributed by atoms with Crippen molar-refractivity contribution in [1.82, 2.24) is 5.32 Å². The molecule has 0 radical (unpaired) electrons. The molecule has 2 aromatic rings. The Labute approximate surface area is 157 Å². The van der Waals surface area contributed by atoms with E-state index < -0.39 is 0 Å². The van der Waals surface area contributed by atoms with Crippen molar-refractivity contribution in [3.05, 3.63) is 83.6 Å². The second kappa shape index (κ2) is 8.45. The summed E-state index contributed by atoms with van der Waals surface area (Å²) < 4.78 is 0. The van der Waals surface area contributed by atoms with Crippen molar-refractivity contribution in [2.24, 2.45) is 4.99 Å². The Hall–Kier alpha value is -2.92. The third kappa shape index (κ3) is 5.04. The number of thioether (sulfide) groups is 1. The number of aliphatic imine (C=N–C) groups is 1. The Morgan fingerprint density at radius 1 is 0.962 bits per heavy atom. The normalized spacial score (nSPS) is 17.2. The zero-order valence-electron chi connectivity index (χ0n) is 14.3. The summed E-state index contributed by atoms with van der Waals surface area (Å²) in [5.74, 6) is 0.493. The number of hydrogen-bond acceptors (Lipinski definition) is 5. The van der Waals surface area contributed by atoms with Gasteiger partial charge in [0.1, 0.15) is 11.5 Å². The smallest absolute Gasteiger partial charge is 0.161 e. The van der Waals surface area contributed by atoms with Gasteiger partial charge in [0.15, 0.2) is 5.17 Å². The van der Waals surface area contributed by atoms with Crippen molar-refractivity contribution in [3.63, 3.8) is 0 Å². The molecule has 0 bridgehead atoms. The summed E-state index contributed by atoms with van der Waals surface area (Å²) in [7, 11) is 0. The van der Waals surface area contributed by atoms with E-state index in [4.69, 9.17) is 0 Å². The van der Waals surface area contributed by atoms with Gasteiger partial charge in [0.05, 0.1) is 6.04 Å². The number of nitrogens with zero attached hydrogens (tertiary/aromatic N) is 1. The number of aromatic hydroxyl groups is 2. The number of phenols is 2. The molecule has 1 atom stereocenters. The number of allylic oxidation sites excluding steroid dienone is 1. The van der Waals surface area contributed by atoms with E-state index in [1.807, 2.05) is 60.9 Å². The van der Waals surface area contributed by atoms with E-state index in [-0.39, 0.29) is 17.5 Å². The lowest BCUT2D eigenvalue weighted by Gasteiger charge is -2.17. The number of amidine groups is 1. The molecule has 132 valence electrons. The zero-order valence-corrected chi connectivity index (χ0v) is 15.1. The second-order valence-electron chi connectivity index (χ2n) is 5.76. The molecule has 0 fully saturated rings. The van der Waals surface area contributed by atoms with Gasteiger partial charge in [0.25, 0.3) is 0 Å². The van der Waals surface area contributed by atoms with Crippen LogP contribution < -0.4 is 5.32 Å². The van der Waals surface area contributed by atoms with Crippen molar-refractivity contribution < 1.29 is 10.2 Å². The molecule has 0 aliphatic carbocycles. The van der Waals surface area contributed by atoms with Gasteiger partial charge in [-0.25, -0.2) is 0 Å². The first kappa shape index (κ1) is 17.9. The van der Waals surface area contributed by atoms with Crippen LogP contribution in [0.1, 0.15) is 11.1 Å². The lowest BCUT2D eigenvalue weighted by molar-refractivity contribution is 0.474. The molecule has 0 aromatic heterocycles. The molecular formula is C21H20N2O2S. The lowest BCUT2D eigenvalue weighted by Crippen LogP contribution is -2.25. The minimum Gasteiger partial charge on any atom is -0.508 e. The summed E-state index contributed by atoms with van der Waals surface area (Å²) in [6, 6.07) is 14.1. The summed E-state index contributed by atoms with van der Waals surface area (Å²) in [5.41, 5.74) is 2.79. The first-order valence-electron chi connectivity index (χ1n) is 8.17. The average Bonchev–Trinajstić information content (AvgIpc) is 2.65. The van der Waals surface area contributed by atoms with Crippen LogP contribution in [0.4, 0.5) is 0 Å². The summed E-state index contributed by atoms with van der Waals surface area (Å²) in [4.78, 5) is 4.63. The molecule has 0 saturated heterocycles. The lowest BCUT2D eigenvalue weighted by atomic mass is 10.1. The molecule has 0 spiro atoms. The van der Waals surface area contributed by atoms with Gasteiger partial charge in [-0.1, -0.05) is 54.3 Å². The highest BCUT2D eigenvalue weighted by atomic mass is 32.2. The van der Waals surface area contributed by atoms with Crippen molar-refractivity contribution in [2.75, 3.05) is 6.26 Å². The minimum absolute atomic E-state index is 0.0927. The Kier molecular flexibility index (Phi) is 5.81. The summed E-state index contributed by atoms with van der Waals surface area (Å²) in [6.45, 7) is 0. The van der Waals surface area contributed by atoms with Crippen LogP contribution in [-0.2, 0) is 0 Å². The minimum atomic E-state index is -0.0927. The maximum Gasteiger partial charge on any atom is 0.161 e. The second-order valence-corrected chi connectivity index (χ2v) is 6.55. The van der Waals surface area contributed by atoms with Gasteiger partial charge in [-0.15, -0.1) is 0 Å². The maximum absolute atomic E-state index is 9.56. The van der Waals surface area contributed by atoms with Crippen molar-refractivity contribution in [1.29, 1.82) is 0 Å². The van der Waals surface area contributed by atoms with Crippen molar-refractivity contribution >= 4 is 29.1 Å². The van der Waals surface area contributed by atoms with Crippen LogP contribution in [0.2, 0.25) is 0 Å². The Morgan fingerprint density at radius 3 is 2.23 bits per heavy atom. The summed E-state index contributed by atoms with van der Waals surface area (Å²) >= 11 is 1.55. The molecule has 1 heterocycles. The summed E-state index contributed by atoms with van der Waals surface area (Å²) in [5, 5.41) is 23.2. The van der Waals surface area contributed by atoms with Gasteiger partial charge in [-0.05, 0) is 53.8 Å². The monoisotopic (exact) mass is 364 g/mol. The molecule has 5 heteroatoms. The van der Waals surface area contributed by atoms with Crippen LogP contribution in [0.25, 0.3) is 12.2 Å². The van der Waals surface area contributed by atoms with E-state index in [2.05, 4.69) is 10.3 Å². The van der Waals surface area contributed by atoms with E-state index in [1.165, 1.54) is 0 Å². The average molecular weight is 364 g/mol. The fourth-order valence-corrected chi connectivity index (χ4v) is 2.95. The SMILES string of the molecule is CSC1=NC(C=Cc2cccc(O)c2)C=C(C=Cc2cccc(O)c2)N1. The van der Waals surface area contributed by atoms with Gasteiger partial charge in [0, 0.05) is 5.70 Å². The third-order valence-electron chi connectivity index (χ3n) is 3.74. The van der Waals surface area contributed by atoms with Crippen LogP contribution in [0.15, 0.2) is 77.4 Å². The fraction of sp³-hybridized carbons (Fsp3) is 0.0952. The number of benzene rings is 2. The van der Waals surface area contributed by atoms with Crippen LogP contribution in [0, 0.1) is 0 Å². The maximum atomic E-state index is 9.56. The number of nitrogens with one attached hydrogen (secondary N) is 1. The van der Waals surface area contributed by atoms with E-state index in [9.17, 15) is 10.2 Å². The molecule has 0 amide bonds. The molecule has 0 saturated carbocycles. The predicted molar refractivity (Wildman–Crippen MR) is 110 cm³/mol. The number of hydrogen-bond donors (Lipinski definition) is 3. The molecule has 26 heavy (non-hydrogen) atoms. The van der Waals surface area contributed by atoms with E-state index in [0.717, 1.165) is 22.0 Å². The molecule has 3 N–H and O–H groups in total. The number of rotatable bonds is 4. The fourth-order valence-electron chi connectivity index (χ4n) is 2.51. The van der Waals surface area contributed by atoms with Gasteiger partial charge in [0.2, 0.25) is 0 Å². The molecule has 3 rings (SSSR count). The van der Waals surface area contributed by atoms with E-state index >= 15 is 0 Å². The summed E-state index contributed by atoms with van der Waals surface area (Å²) in [6.07, 6.45) is 11.9. The molecule has 1 aliphatic heterocycles. The molecule has 2 aromatic carbocycles. The van der Waals surface area contributed by atoms with Crippen molar-refractivity contribution in [3.8, 4) is 11.5 Å². The van der Waals surface area contributed by atoms with E-state index in [1.54, 1.807) is 36.0 Å². The Bertz CT molecular complexity index is 900. The van der Waals surface area contributed by atoms with Crippen LogP contribution in [0.3, 0.4) is 0 Å². The molecule has 1 aliphatic rings. The van der Waals surface area contributed by atoms with Crippen molar-refractivity contribution in [2.45, 2.75) is 6.04 Å². The van der Waals surface area contributed by atoms with Crippen LogP contribution in [0.5, 0.6) is 11.5 Å². The highest BCUT2D eigenvalue weighted by Gasteiger charge is 2.11. The van der Waals surface area contributed by atoms with Gasteiger partial charge in [-0.3, -0.25) is 4.99 Å². The topological polar surface area (TPSA) is 64.9 Å². The third-order valence-corrected chi connectivity index (χ3v) is 4.34. The highest BCUT2D eigenvalue weighted by Crippen LogP contribution is 2.18. The van der Waals surface area contributed by atoms with Crippen LogP contribution >= 0.6 is 11.8 Å². The largest absolute Gasteiger partial charge is 0.508 e. The van der Waals surface area contributed by atoms with Gasteiger partial charge < -0.3 is 15.5 Å². The first-order chi connectivity index (χ1) is 12.6. The highest BCUT2D eigenvalue weighted by molar-refractivity contribution is 8.13. The molecule has 4 nitrogen and oxygen atoms in total. The van der Waals surface area contributed by atoms with Gasteiger partial charge >= 0.3 is 0 Å². The molecular weight excluding hydrogens is 344 g/mol. The van der Waals surface area contributed by atoms with E-state index in [0.29, 0.717) is 0 Å². The zero-order chi connectivity index (χ0) is 18.4.